The van der Waals surface area contributed by atoms with E-state index in [1.165, 1.54) is 19.2 Å². The Hall–Kier alpha value is -3.56. The van der Waals surface area contributed by atoms with Gasteiger partial charge in [-0.1, -0.05) is 45.9 Å². The second-order valence-corrected chi connectivity index (χ2v) is 7.66. The summed E-state index contributed by atoms with van der Waals surface area (Å²) in [5, 5.41) is 11.7. The van der Waals surface area contributed by atoms with Crippen LogP contribution in [0.25, 0.3) is 0 Å². The molecule has 0 unspecified atom stereocenters. The van der Waals surface area contributed by atoms with E-state index in [9.17, 15) is 35.5 Å². The van der Waals surface area contributed by atoms with Gasteiger partial charge in [-0.05, 0) is 42.6 Å². The van der Waals surface area contributed by atoms with E-state index in [2.05, 4.69) is 31.5 Å². The van der Waals surface area contributed by atoms with Crippen molar-refractivity contribution in [3.63, 3.8) is 0 Å². The van der Waals surface area contributed by atoms with Gasteiger partial charge in [0.2, 0.25) is 0 Å². The Labute approximate surface area is 246 Å². The summed E-state index contributed by atoms with van der Waals surface area (Å²) in [6, 6.07) is 9.30. The molecule has 4 rings (SSSR count). The van der Waals surface area contributed by atoms with Crippen molar-refractivity contribution in [3.8, 4) is 0 Å². The average molecular weight is 628 g/mol. The highest BCUT2D eigenvalue weighted by Crippen LogP contribution is 2.36. The number of hydrogen-bond acceptors (Lipinski definition) is 6. The number of alkyl halides is 6. The number of nitrogens with zero attached hydrogens (tertiary/aromatic N) is 2. The highest BCUT2D eigenvalue weighted by molar-refractivity contribution is 5.33. The molecule has 1 aliphatic heterocycles. The van der Waals surface area contributed by atoms with E-state index in [0.29, 0.717) is 24.5 Å². The summed E-state index contributed by atoms with van der Waals surface area (Å²) < 4.78 is 95.8. The first-order chi connectivity index (χ1) is 20.4. The Morgan fingerprint density at radius 2 is 1.42 bits per heavy atom. The largest absolute Gasteiger partial charge is 0.416 e. The van der Waals surface area contributed by atoms with Crippen molar-refractivity contribution >= 4 is 6.72 Å². The third-order valence-electron chi connectivity index (χ3n) is 4.72. The van der Waals surface area contributed by atoms with Gasteiger partial charge in [0, 0.05) is 20.2 Å². The van der Waals surface area contributed by atoms with E-state index < -0.39 is 23.5 Å². The molecule has 1 aliphatic rings. The number of aromatic amines is 2. The molecule has 0 saturated carbocycles. The fourth-order valence-electron chi connectivity index (χ4n) is 3.04. The molecule has 1 fully saturated rings. The van der Waals surface area contributed by atoms with Crippen LogP contribution in [-0.4, -0.2) is 60.2 Å². The van der Waals surface area contributed by atoms with Crippen LogP contribution in [0.4, 0.5) is 30.7 Å². The van der Waals surface area contributed by atoms with Gasteiger partial charge < -0.3 is 14.9 Å². The van der Waals surface area contributed by atoms with Crippen molar-refractivity contribution in [1.82, 2.24) is 20.1 Å². The maximum absolute atomic E-state index is 12.4. The lowest BCUT2D eigenvalue weighted by atomic mass is 10.1. The lowest BCUT2D eigenvalue weighted by Gasteiger charge is -2.25. The fraction of sp³-hybridized carbons (Fsp3) is 0.464. The van der Waals surface area contributed by atoms with Crippen molar-refractivity contribution in [1.29, 1.82) is 5.41 Å². The molecule has 0 radical (unpaired) electrons. The minimum absolute atomic E-state index is 0.0825. The number of aromatic nitrogens is 3. The van der Waals surface area contributed by atoms with E-state index >= 15 is 0 Å². The minimum Gasteiger partial charge on any atom is -0.380 e. The molecule has 43 heavy (non-hydrogen) atoms. The normalized spacial score (nSPS) is 12.7. The lowest BCUT2D eigenvalue weighted by molar-refractivity contribution is -0.143. The molecular weight excluding hydrogens is 587 g/mol. The first-order valence-electron chi connectivity index (χ1n) is 13.2. The quantitative estimate of drug-likeness (QED) is 0.215. The van der Waals surface area contributed by atoms with E-state index in [-0.39, 0.29) is 29.7 Å². The van der Waals surface area contributed by atoms with Crippen molar-refractivity contribution in [2.45, 2.75) is 53.2 Å². The average Bonchev–Trinajstić information content (AvgIpc) is 3.41. The van der Waals surface area contributed by atoms with Crippen LogP contribution in [0.2, 0.25) is 0 Å². The number of benzene rings is 2. The molecule has 0 spiro atoms. The number of methoxy groups -OCH3 is 1. The molecule has 2 aromatic carbocycles. The first kappa shape index (κ1) is 41.6. The second kappa shape index (κ2) is 23.0. The third kappa shape index (κ3) is 18.6. The predicted octanol–water partition coefficient (Wildman–Crippen LogP) is 6.94. The van der Waals surface area contributed by atoms with Crippen LogP contribution >= 0.6 is 0 Å². The summed E-state index contributed by atoms with van der Waals surface area (Å²) in [5.74, 6) is 0.509. The van der Waals surface area contributed by atoms with Crippen LogP contribution in [0.5, 0.6) is 0 Å². The van der Waals surface area contributed by atoms with E-state index in [4.69, 9.17) is 10.1 Å². The predicted molar refractivity (Wildman–Crippen MR) is 151 cm³/mol. The molecule has 244 valence electrons. The van der Waals surface area contributed by atoms with Crippen molar-refractivity contribution < 1.29 is 40.2 Å². The number of halogens is 7. The lowest BCUT2D eigenvalue weighted by Crippen LogP contribution is -2.36. The Balaban J connectivity index is 0. The summed E-state index contributed by atoms with van der Waals surface area (Å²) in [7, 11) is 1.19. The molecule has 2 heterocycles. The van der Waals surface area contributed by atoms with E-state index in [1.807, 2.05) is 27.7 Å². The molecular formula is C28H40F7N5O3. The molecule has 1 aromatic heterocycles. The zero-order valence-electron chi connectivity index (χ0n) is 24.8. The van der Waals surface area contributed by atoms with Gasteiger partial charge in [-0.15, -0.1) is 0 Å². The van der Waals surface area contributed by atoms with Gasteiger partial charge in [-0.25, -0.2) is 14.3 Å². The molecule has 3 N–H and O–H groups in total. The molecule has 15 heteroatoms. The summed E-state index contributed by atoms with van der Waals surface area (Å²) in [4.78, 5) is 15.5. The van der Waals surface area contributed by atoms with Crippen molar-refractivity contribution in [2.24, 2.45) is 0 Å². The number of nitrogens with one attached hydrogen (secondary N) is 3. The van der Waals surface area contributed by atoms with Gasteiger partial charge in [-0.3, -0.25) is 9.88 Å². The zero-order chi connectivity index (χ0) is 33.5. The summed E-state index contributed by atoms with van der Waals surface area (Å²) in [5.41, 5.74) is -3.09. The molecule has 0 amide bonds. The third-order valence-corrected chi connectivity index (χ3v) is 4.72. The molecule has 0 bridgehead atoms. The van der Waals surface area contributed by atoms with Crippen LogP contribution in [0.3, 0.4) is 0 Å². The van der Waals surface area contributed by atoms with Gasteiger partial charge in [0.15, 0.2) is 0 Å². The zero-order valence-corrected chi connectivity index (χ0v) is 24.8. The Morgan fingerprint density at radius 3 is 1.77 bits per heavy atom. The SMILES string of the molecule is C=N.CC.CC.COCc1cc(C(F)(F)F)cc(C(F)(F)F)c1.Fc1ccccc1.O=c1[nH]nc(CN2CCOCC2)[nH]1. The maximum Gasteiger partial charge on any atom is 0.416 e. The second-order valence-electron chi connectivity index (χ2n) is 7.66. The van der Waals surface area contributed by atoms with E-state index in [0.717, 1.165) is 26.3 Å². The van der Waals surface area contributed by atoms with Gasteiger partial charge in [0.25, 0.3) is 0 Å². The molecule has 0 aliphatic carbocycles. The van der Waals surface area contributed by atoms with Gasteiger partial charge in [0.05, 0.1) is 37.5 Å². The van der Waals surface area contributed by atoms with Crippen molar-refractivity contribution in [2.75, 3.05) is 33.4 Å². The Kier molecular flexibility index (Phi) is 22.2. The van der Waals surface area contributed by atoms with Gasteiger partial charge in [-0.2, -0.15) is 31.4 Å². The van der Waals surface area contributed by atoms with Crippen LogP contribution in [0, 0.1) is 11.2 Å². The van der Waals surface area contributed by atoms with Gasteiger partial charge >= 0.3 is 18.0 Å². The summed E-state index contributed by atoms with van der Waals surface area (Å²) >= 11 is 0. The van der Waals surface area contributed by atoms with Crippen LogP contribution in [0.1, 0.15) is 50.2 Å². The number of rotatable bonds is 4. The fourth-order valence-corrected chi connectivity index (χ4v) is 3.04. The summed E-state index contributed by atoms with van der Waals surface area (Å²) in [6.45, 7) is 14.2. The molecule has 3 aromatic rings. The molecule has 8 nitrogen and oxygen atoms in total. The molecule has 0 atom stereocenters. The smallest absolute Gasteiger partial charge is 0.380 e. The van der Waals surface area contributed by atoms with Crippen LogP contribution in [-0.2, 0) is 35.0 Å². The maximum atomic E-state index is 12.4. The number of morpholine rings is 1. The molecule has 1 saturated heterocycles. The first-order valence-corrected chi connectivity index (χ1v) is 13.2. The van der Waals surface area contributed by atoms with Crippen LogP contribution < -0.4 is 5.69 Å². The van der Waals surface area contributed by atoms with Crippen LogP contribution in [0.15, 0.2) is 53.3 Å². The highest BCUT2D eigenvalue weighted by atomic mass is 19.4. The Morgan fingerprint density at radius 1 is 0.930 bits per heavy atom. The topological polar surface area (TPSA) is 107 Å². The summed E-state index contributed by atoms with van der Waals surface area (Å²) in [6.07, 6.45) is -9.63. The van der Waals surface area contributed by atoms with Gasteiger partial charge in [0.1, 0.15) is 11.6 Å². The monoisotopic (exact) mass is 627 g/mol. The Bertz CT molecular complexity index is 1120. The van der Waals surface area contributed by atoms with Crippen molar-refractivity contribution in [3.05, 3.63) is 87.3 Å². The minimum atomic E-state index is -4.82. The number of ether oxygens (including phenoxy) is 2. The number of H-pyrrole nitrogens is 2. The standard InChI is InChI=1S/C10H8F6O.C7H12N4O2.C6H5F.2C2H6.CH3N/c1-17-5-6-2-7(9(11,12)13)4-8(3-6)10(14,15)16;12-7-8-6(9-10-7)5-11-1-3-13-4-2-11;7-6-4-2-1-3-5-6;3*1-2/h2-4H,5H2,1H3;1-5H2,(H2,8,9,10,12);1-5H;2*1-2H3;2H,1H2. The highest BCUT2D eigenvalue weighted by Gasteiger charge is 2.36. The van der Waals surface area contributed by atoms with E-state index in [1.54, 1.807) is 18.2 Å². The number of hydrogen-bond donors (Lipinski definition) is 3.